The molecule has 0 saturated heterocycles. The number of hydrogen-bond acceptors (Lipinski definition) is 8. The number of benzene rings is 2. The minimum atomic E-state index is 0.230. The van der Waals surface area contributed by atoms with Gasteiger partial charge in [-0.05, 0) is 23.8 Å². The molecule has 0 bridgehead atoms. The molecule has 0 saturated carbocycles. The Morgan fingerprint density at radius 2 is 1.61 bits per heavy atom. The summed E-state index contributed by atoms with van der Waals surface area (Å²) in [5.74, 6) is 3.25. The maximum atomic E-state index is 5.47. The summed E-state index contributed by atoms with van der Waals surface area (Å²) in [6.07, 6.45) is 1.56. The Balaban J connectivity index is 1.53. The second kappa shape index (κ2) is 7.77. The second-order valence-electron chi connectivity index (χ2n) is 6.18. The largest absolute Gasteiger partial charge is 0.493 e. The van der Waals surface area contributed by atoms with Gasteiger partial charge in [-0.25, -0.2) is 9.97 Å². The van der Waals surface area contributed by atoms with Crippen molar-refractivity contribution in [3.05, 3.63) is 41.9 Å². The number of rotatable bonds is 7. The van der Waals surface area contributed by atoms with Crippen LogP contribution >= 0.6 is 0 Å². The summed E-state index contributed by atoms with van der Waals surface area (Å²) in [5, 5.41) is 4.34. The molecular formula is C20H21N3O5. The van der Waals surface area contributed by atoms with Gasteiger partial charge < -0.3 is 29.0 Å². The third kappa shape index (κ3) is 3.34. The number of fused-ring (bicyclic) bond motifs is 2. The highest BCUT2D eigenvalue weighted by Crippen LogP contribution is 2.38. The van der Waals surface area contributed by atoms with E-state index in [9.17, 15) is 0 Å². The highest BCUT2D eigenvalue weighted by atomic mass is 16.7. The van der Waals surface area contributed by atoms with E-state index in [1.165, 1.54) is 0 Å². The Hall–Kier alpha value is -3.26. The molecular weight excluding hydrogens is 362 g/mol. The number of ether oxygens (including phenoxy) is 5. The molecule has 4 rings (SSSR count). The van der Waals surface area contributed by atoms with E-state index in [0.29, 0.717) is 41.8 Å². The van der Waals surface area contributed by atoms with Crippen LogP contribution in [0.4, 0.5) is 0 Å². The first-order valence-electron chi connectivity index (χ1n) is 8.76. The molecule has 0 atom stereocenters. The van der Waals surface area contributed by atoms with Gasteiger partial charge in [0.2, 0.25) is 12.5 Å². The molecule has 1 aliphatic heterocycles. The van der Waals surface area contributed by atoms with Crippen molar-refractivity contribution in [3.63, 3.8) is 0 Å². The summed E-state index contributed by atoms with van der Waals surface area (Å²) < 4.78 is 27.1. The van der Waals surface area contributed by atoms with Crippen molar-refractivity contribution in [3.8, 4) is 28.7 Å². The fourth-order valence-corrected chi connectivity index (χ4v) is 3.20. The number of nitrogens with zero attached hydrogens (tertiary/aromatic N) is 2. The Kier molecular flexibility index (Phi) is 5.03. The van der Waals surface area contributed by atoms with Gasteiger partial charge in [0.25, 0.3) is 0 Å². The van der Waals surface area contributed by atoms with Gasteiger partial charge in [-0.1, -0.05) is 0 Å². The normalized spacial score (nSPS) is 12.2. The maximum Gasteiger partial charge on any atom is 0.231 e. The van der Waals surface area contributed by atoms with Crippen LogP contribution in [-0.4, -0.2) is 38.1 Å². The van der Waals surface area contributed by atoms with Crippen LogP contribution in [0.15, 0.2) is 30.6 Å². The highest BCUT2D eigenvalue weighted by molar-refractivity contribution is 5.84. The molecule has 8 nitrogen and oxygen atoms in total. The van der Waals surface area contributed by atoms with Crippen LogP contribution in [-0.2, 0) is 13.1 Å². The first kappa shape index (κ1) is 18.1. The van der Waals surface area contributed by atoms with Crippen molar-refractivity contribution in [2.75, 3.05) is 28.1 Å². The molecule has 2 heterocycles. The zero-order valence-corrected chi connectivity index (χ0v) is 15.9. The zero-order valence-electron chi connectivity index (χ0n) is 15.9. The van der Waals surface area contributed by atoms with Gasteiger partial charge in [0, 0.05) is 24.5 Å². The summed E-state index contributed by atoms with van der Waals surface area (Å²) in [6.45, 7) is 1.40. The van der Waals surface area contributed by atoms with Crippen LogP contribution in [0, 0.1) is 0 Å². The molecule has 0 fully saturated rings. The average molecular weight is 383 g/mol. The molecule has 0 unspecified atom stereocenters. The number of nitrogens with one attached hydrogen (secondary N) is 1. The Morgan fingerprint density at radius 3 is 2.29 bits per heavy atom. The van der Waals surface area contributed by atoms with Crippen LogP contribution in [0.2, 0.25) is 0 Å². The average Bonchev–Trinajstić information content (AvgIpc) is 3.19. The Labute approximate surface area is 162 Å². The van der Waals surface area contributed by atoms with Crippen molar-refractivity contribution in [2.24, 2.45) is 0 Å². The molecule has 8 heteroatoms. The molecule has 0 amide bonds. The van der Waals surface area contributed by atoms with Crippen molar-refractivity contribution < 1.29 is 23.7 Å². The molecule has 1 aliphatic rings. The topological polar surface area (TPSA) is 84.0 Å². The van der Waals surface area contributed by atoms with E-state index in [0.717, 1.165) is 22.2 Å². The molecule has 0 radical (unpaired) electrons. The lowest BCUT2D eigenvalue weighted by Crippen LogP contribution is -2.14. The molecule has 1 aromatic heterocycles. The summed E-state index contributed by atoms with van der Waals surface area (Å²) in [6, 6.07) is 7.64. The number of methoxy groups -OCH3 is 3. The van der Waals surface area contributed by atoms with Crippen LogP contribution in [0.25, 0.3) is 10.9 Å². The first-order valence-corrected chi connectivity index (χ1v) is 8.76. The smallest absolute Gasteiger partial charge is 0.231 e. The standard InChI is InChI=1S/C20H21N3O5/c1-24-18-4-12(5-19(25-2)20(18)26-3)8-21-9-15-13-6-16-17(28-11-27-16)7-14(13)22-10-23-15/h4-7,10,21H,8-9,11H2,1-3H3. The summed E-state index contributed by atoms with van der Waals surface area (Å²) in [4.78, 5) is 8.75. The van der Waals surface area contributed by atoms with E-state index >= 15 is 0 Å². The minimum Gasteiger partial charge on any atom is -0.493 e. The summed E-state index contributed by atoms with van der Waals surface area (Å²) in [5.41, 5.74) is 2.71. The van der Waals surface area contributed by atoms with E-state index < -0.39 is 0 Å². The lowest BCUT2D eigenvalue weighted by molar-refractivity contribution is 0.174. The van der Waals surface area contributed by atoms with Crippen LogP contribution < -0.4 is 29.0 Å². The molecule has 3 aromatic rings. The van der Waals surface area contributed by atoms with Gasteiger partial charge in [-0.3, -0.25) is 0 Å². The second-order valence-corrected chi connectivity index (χ2v) is 6.18. The van der Waals surface area contributed by atoms with E-state index in [-0.39, 0.29) is 6.79 Å². The van der Waals surface area contributed by atoms with Gasteiger partial charge in [0.15, 0.2) is 23.0 Å². The molecule has 28 heavy (non-hydrogen) atoms. The monoisotopic (exact) mass is 383 g/mol. The maximum absolute atomic E-state index is 5.47. The Bertz CT molecular complexity index is 984. The van der Waals surface area contributed by atoms with Crippen LogP contribution in [0.1, 0.15) is 11.3 Å². The van der Waals surface area contributed by atoms with E-state index in [1.807, 2.05) is 24.3 Å². The Morgan fingerprint density at radius 1 is 0.893 bits per heavy atom. The predicted octanol–water partition coefficient (Wildman–Crippen LogP) is 2.67. The number of hydrogen-bond donors (Lipinski definition) is 1. The zero-order chi connectivity index (χ0) is 19.5. The molecule has 2 aromatic carbocycles. The lowest BCUT2D eigenvalue weighted by atomic mass is 10.1. The van der Waals surface area contributed by atoms with E-state index in [1.54, 1.807) is 27.7 Å². The molecule has 146 valence electrons. The van der Waals surface area contributed by atoms with Crippen molar-refractivity contribution in [1.29, 1.82) is 0 Å². The fraction of sp³-hybridized carbons (Fsp3) is 0.300. The minimum absolute atomic E-state index is 0.230. The van der Waals surface area contributed by atoms with Gasteiger partial charge in [-0.15, -0.1) is 0 Å². The first-order chi connectivity index (χ1) is 13.7. The van der Waals surface area contributed by atoms with Crippen molar-refractivity contribution in [2.45, 2.75) is 13.1 Å². The lowest BCUT2D eigenvalue weighted by Gasteiger charge is -2.14. The third-order valence-electron chi connectivity index (χ3n) is 4.56. The predicted molar refractivity (Wildman–Crippen MR) is 102 cm³/mol. The van der Waals surface area contributed by atoms with Gasteiger partial charge in [-0.2, -0.15) is 0 Å². The van der Waals surface area contributed by atoms with E-state index in [4.69, 9.17) is 23.7 Å². The van der Waals surface area contributed by atoms with E-state index in [2.05, 4.69) is 15.3 Å². The van der Waals surface area contributed by atoms with Gasteiger partial charge >= 0.3 is 0 Å². The summed E-state index contributed by atoms with van der Waals surface area (Å²) in [7, 11) is 4.79. The van der Waals surface area contributed by atoms with Crippen LogP contribution in [0.5, 0.6) is 28.7 Å². The molecule has 0 aliphatic carbocycles. The van der Waals surface area contributed by atoms with Gasteiger partial charge in [0.1, 0.15) is 6.33 Å². The van der Waals surface area contributed by atoms with Crippen molar-refractivity contribution >= 4 is 10.9 Å². The SMILES string of the molecule is COc1cc(CNCc2ncnc3cc4c(cc23)OCO4)cc(OC)c1OC. The molecule has 1 N–H and O–H groups in total. The number of aromatic nitrogens is 2. The third-order valence-corrected chi connectivity index (χ3v) is 4.56. The fourth-order valence-electron chi connectivity index (χ4n) is 3.20. The highest BCUT2D eigenvalue weighted by Gasteiger charge is 2.17. The molecule has 0 spiro atoms. The van der Waals surface area contributed by atoms with Crippen molar-refractivity contribution in [1.82, 2.24) is 15.3 Å². The van der Waals surface area contributed by atoms with Gasteiger partial charge in [0.05, 0.1) is 32.5 Å². The summed E-state index contributed by atoms with van der Waals surface area (Å²) >= 11 is 0. The van der Waals surface area contributed by atoms with Crippen LogP contribution in [0.3, 0.4) is 0 Å². The quantitative estimate of drug-likeness (QED) is 0.667.